The molecule has 1 aliphatic heterocycles. The second-order valence-corrected chi connectivity index (χ2v) is 9.35. The Morgan fingerprint density at radius 3 is 2.71 bits per heavy atom. The van der Waals surface area contributed by atoms with Crippen molar-refractivity contribution in [1.29, 1.82) is 0 Å². The van der Waals surface area contributed by atoms with Gasteiger partial charge >= 0.3 is 0 Å². The quantitative estimate of drug-likeness (QED) is 0.519. The highest BCUT2D eigenvalue weighted by molar-refractivity contribution is 7.88. The molecule has 1 saturated heterocycles. The van der Waals surface area contributed by atoms with Crippen LogP contribution in [0, 0.1) is 0 Å². The first-order valence-corrected chi connectivity index (χ1v) is 11.8. The van der Waals surface area contributed by atoms with Gasteiger partial charge in [0.25, 0.3) is 0 Å². The smallest absolute Gasteiger partial charge is 0.220 e. The summed E-state index contributed by atoms with van der Waals surface area (Å²) in [6, 6.07) is 1.57. The van der Waals surface area contributed by atoms with Gasteiger partial charge in [-0.2, -0.15) is 4.31 Å². The Balaban J connectivity index is 1.47. The zero-order valence-electron chi connectivity index (χ0n) is 16.2. The van der Waals surface area contributed by atoms with E-state index in [2.05, 4.69) is 37.7 Å². The molecule has 2 aromatic rings. The molecule has 0 unspecified atom stereocenters. The lowest BCUT2D eigenvalue weighted by atomic mass is 10.3. The highest BCUT2D eigenvalue weighted by atomic mass is 32.2. The van der Waals surface area contributed by atoms with Crippen molar-refractivity contribution in [2.24, 2.45) is 4.99 Å². The van der Waals surface area contributed by atoms with Gasteiger partial charge in [0.1, 0.15) is 12.0 Å². The summed E-state index contributed by atoms with van der Waals surface area (Å²) < 4.78 is 31.3. The molecule has 0 atom stereocenters. The maximum Gasteiger partial charge on any atom is 0.220 e. The normalized spacial score (nSPS) is 16.5. The topological polar surface area (TPSA) is 104 Å². The average Bonchev–Trinajstić information content (AvgIpc) is 3.37. The Morgan fingerprint density at radius 1 is 1.32 bits per heavy atom. The molecule has 1 aliphatic rings. The van der Waals surface area contributed by atoms with Crippen LogP contribution >= 0.6 is 11.3 Å². The number of aryl methyl sites for hydroxylation is 1. The number of sulfonamides is 1. The number of nitrogens with one attached hydrogen (secondary N) is 1. The molecule has 0 radical (unpaired) electrons. The van der Waals surface area contributed by atoms with Crippen molar-refractivity contribution >= 4 is 27.3 Å². The number of aromatic nitrogens is 2. The molecule has 2 aromatic heterocycles. The van der Waals surface area contributed by atoms with Crippen LogP contribution in [0.25, 0.3) is 0 Å². The first-order chi connectivity index (χ1) is 13.5. The van der Waals surface area contributed by atoms with Gasteiger partial charge in [-0.25, -0.2) is 13.4 Å². The summed E-state index contributed by atoms with van der Waals surface area (Å²) in [4.78, 5) is 11.0. The van der Waals surface area contributed by atoms with Crippen molar-refractivity contribution in [2.45, 2.75) is 25.5 Å². The van der Waals surface area contributed by atoms with Crippen LogP contribution in [-0.2, 0) is 28.6 Å². The van der Waals surface area contributed by atoms with Crippen molar-refractivity contribution in [3.05, 3.63) is 34.1 Å². The van der Waals surface area contributed by atoms with Gasteiger partial charge in [0.15, 0.2) is 5.96 Å². The van der Waals surface area contributed by atoms with Crippen LogP contribution in [0.3, 0.4) is 0 Å². The first-order valence-electron chi connectivity index (χ1n) is 9.27. The van der Waals surface area contributed by atoms with Gasteiger partial charge < -0.3 is 14.7 Å². The van der Waals surface area contributed by atoms with Crippen LogP contribution in [0.15, 0.2) is 27.2 Å². The number of hydrogen-bond donors (Lipinski definition) is 1. The largest absolute Gasteiger partial charge is 0.364 e. The van der Waals surface area contributed by atoms with Crippen LogP contribution in [0.4, 0.5) is 0 Å². The van der Waals surface area contributed by atoms with Crippen LogP contribution in [0.5, 0.6) is 0 Å². The summed E-state index contributed by atoms with van der Waals surface area (Å²) in [5.74, 6) is 0.656. The predicted molar refractivity (Wildman–Crippen MR) is 109 cm³/mol. The maximum atomic E-state index is 12.5. The minimum Gasteiger partial charge on any atom is -0.364 e. The van der Waals surface area contributed by atoms with Gasteiger partial charge in [0, 0.05) is 57.6 Å². The number of rotatable bonds is 7. The summed E-state index contributed by atoms with van der Waals surface area (Å²) in [5.41, 5.74) is 1.52. The molecule has 3 heterocycles. The minimum absolute atomic E-state index is 0.135. The molecular formula is C17H26N6O3S2. The zero-order valence-corrected chi connectivity index (χ0v) is 17.8. The van der Waals surface area contributed by atoms with Crippen molar-refractivity contribution in [3.8, 4) is 0 Å². The van der Waals surface area contributed by atoms with Gasteiger partial charge in [-0.05, 0) is 6.42 Å². The molecule has 0 spiro atoms. The Labute approximate surface area is 169 Å². The summed E-state index contributed by atoms with van der Waals surface area (Å²) in [6.45, 7) is 4.88. The maximum absolute atomic E-state index is 12.5. The number of thiazole rings is 1. The second-order valence-electron chi connectivity index (χ2n) is 6.44. The fraction of sp³-hybridized carbons (Fsp3) is 0.588. The SMILES string of the molecule is CCc1nc(CCNC(=NC)N2CCN(S(=O)(=O)Cc3ccon3)CC2)cs1. The molecule has 154 valence electrons. The fourth-order valence-corrected chi connectivity index (χ4v) is 5.23. The minimum atomic E-state index is -3.40. The molecule has 3 rings (SSSR count). The Kier molecular flexibility index (Phi) is 7.03. The monoisotopic (exact) mass is 426 g/mol. The third kappa shape index (κ3) is 5.30. The van der Waals surface area contributed by atoms with Crippen LogP contribution in [-0.4, -0.2) is 73.5 Å². The van der Waals surface area contributed by atoms with Gasteiger partial charge in [-0.3, -0.25) is 4.99 Å². The van der Waals surface area contributed by atoms with Crippen molar-refractivity contribution < 1.29 is 12.9 Å². The highest BCUT2D eigenvalue weighted by Gasteiger charge is 2.28. The molecule has 0 bridgehead atoms. The second kappa shape index (κ2) is 9.48. The van der Waals surface area contributed by atoms with E-state index in [0.717, 1.165) is 36.0 Å². The first kappa shape index (κ1) is 20.7. The average molecular weight is 427 g/mol. The summed E-state index contributed by atoms with van der Waals surface area (Å²) >= 11 is 1.69. The lowest BCUT2D eigenvalue weighted by Crippen LogP contribution is -2.54. The van der Waals surface area contributed by atoms with Gasteiger partial charge in [-0.15, -0.1) is 11.3 Å². The Bertz CT molecular complexity index is 871. The molecule has 9 nitrogen and oxygen atoms in total. The predicted octanol–water partition coefficient (Wildman–Crippen LogP) is 0.959. The number of nitrogens with zero attached hydrogens (tertiary/aromatic N) is 5. The molecule has 0 aliphatic carbocycles. The van der Waals surface area contributed by atoms with E-state index in [9.17, 15) is 8.42 Å². The molecular weight excluding hydrogens is 400 g/mol. The molecule has 1 fully saturated rings. The molecule has 0 saturated carbocycles. The molecule has 1 N–H and O–H groups in total. The zero-order chi connectivity index (χ0) is 20.0. The van der Waals surface area contributed by atoms with Gasteiger partial charge in [0.2, 0.25) is 10.0 Å². The van der Waals surface area contributed by atoms with Crippen molar-refractivity contribution in [3.63, 3.8) is 0 Å². The Morgan fingerprint density at radius 2 is 2.11 bits per heavy atom. The third-order valence-corrected chi connectivity index (χ3v) is 7.39. The van der Waals surface area contributed by atoms with E-state index in [1.165, 1.54) is 10.6 Å². The number of piperazine rings is 1. The van der Waals surface area contributed by atoms with E-state index in [-0.39, 0.29) is 5.75 Å². The van der Waals surface area contributed by atoms with Crippen molar-refractivity contribution in [1.82, 2.24) is 24.7 Å². The van der Waals surface area contributed by atoms with Crippen LogP contribution in [0.2, 0.25) is 0 Å². The lowest BCUT2D eigenvalue weighted by Gasteiger charge is -2.35. The van der Waals surface area contributed by atoms with E-state index < -0.39 is 10.0 Å². The fourth-order valence-electron chi connectivity index (χ4n) is 3.03. The summed E-state index contributed by atoms with van der Waals surface area (Å²) in [5, 5.41) is 10.3. The number of guanidine groups is 1. The standard InChI is InChI=1S/C17H26N6O3S2/c1-3-16-20-14(12-27-16)4-6-19-17(18-2)22-7-9-23(10-8-22)28(24,25)13-15-5-11-26-21-15/h5,11-12H,3-4,6-10,13H2,1-2H3,(H,18,19). The van der Waals surface area contributed by atoms with Crippen LogP contribution < -0.4 is 5.32 Å². The van der Waals surface area contributed by atoms with Crippen LogP contribution in [0.1, 0.15) is 23.3 Å². The van der Waals surface area contributed by atoms with E-state index in [1.807, 2.05) is 0 Å². The third-order valence-electron chi connectivity index (χ3n) is 4.53. The number of aliphatic imine (C=N–C) groups is 1. The highest BCUT2D eigenvalue weighted by Crippen LogP contribution is 2.13. The summed E-state index contributed by atoms with van der Waals surface area (Å²) in [7, 11) is -1.65. The molecule has 0 aromatic carbocycles. The molecule has 11 heteroatoms. The van der Waals surface area contributed by atoms with Crippen molar-refractivity contribution in [2.75, 3.05) is 39.8 Å². The van der Waals surface area contributed by atoms with Gasteiger partial charge in [0.05, 0.1) is 16.4 Å². The van der Waals surface area contributed by atoms with E-state index >= 15 is 0 Å². The van der Waals surface area contributed by atoms with Gasteiger partial charge in [-0.1, -0.05) is 12.1 Å². The molecule has 0 amide bonds. The summed E-state index contributed by atoms with van der Waals surface area (Å²) in [6.07, 6.45) is 3.18. The Hall–Kier alpha value is -1.98. The van der Waals surface area contributed by atoms with E-state index in [0.29, 0.717) is 31.9 Å². The number of hydrogen-bond acceptors (Lipinski definition) is 7. The van der Waals surface area contributed by atoms with E-state index in [4.69, 9.17) is 4.52 Å². The lowest BCUT2D eigenvalue weighted by molar-refractivity contribution is 0.260. The van der Waals surface area contributed by atoms with E-state index in [1.54, 1.807) is 24.5 Å². The molecule has 28 heavy (non-hydrogen) atoms.